The van der Waals surface area contributed by atoms with Crippen LogP contribution in [0.1, 0.15) is 79.4 Å². The Kier molecular flexibility index (Phi) is 12.2. The quantitative estimate of drug-likeness (QED) is 0.142. The second-order valence-corrected chi connectivity index (χ2v) is 10.2. The van der Waals surface area contributed by atoms with Crippen molar-refractivity contribution < 1.29 is 13.9 Å². The molecule has 0 amide bonds. The number of rotatable bonds is 11. The number of carbonyl (C=O) groups is 1. The molecule has 5 nitrogen and oxygen atoms in total. The van der Waals surface area contributed by atoms with Crippen molar-refractivity contribution in [2.75, 3.05) is 19.6 Å². The van der Waals surface area contributed by atoms with Gasteiger partial charge in [0.25, 0.3) is 0 Å². The summed E-state index contributed by atoms with van der Waals surface area (Å²) in [6.45, 7) is 20.4. The third-order valence-electron chi connectivity index (χ3n) is 7.15. The summed E-state index contributed by atoms with van der Waals surface area (Å²) in [4.78, 5) is 19.5. The average Bonchev–Trinajstić information content (AvgIpc) is 2.88. The van der Waals surface area contributed by atoms with E-state index >= 15 is 4.39 Å². The predicted octanol–water partition coefficient (Wildman–Crippen LogP) is 7.39. The van der Waals surface area contributed by atoms with Crippen molar-refractivity contribution in [1.29, 1.82) is 0 Å². The zero-order chi connectivity index (χ0) is 28.4. The maximum atomic E-state index is 15.1. The number of carbonyl (C=O) groups excluding carboxylic acids is 1. The average molecular weight is 524 g/mol. The number of hydrogen-bond acceptors (Lipinski definition) is 5. The van der Waals surface area contributed by atoms with Crippen molar-refractivity contribution in [2.45, 2.75) is 81.2 Å². The Morgan fingerprint density at radius 1 is 1.26 bits per heavy atom. The lowest BCUT2D eigenvalue weighted by atomic mass is 10.0. The van der Waals surface area contributed by atoms with Crippen LogP contribution in [0.15, 0.2) is 58.5 Å². The third-order valence-corrected chi connectivity index (χ3v) is 7.15. The fourth-order valence-electron chi connectivity index (χ4n) is 4.16. The molecule has 38 heavy (non-hydrogen) atoms. The third kappa shape index (κ3) is 8.80. The van der Waals surface area contributed by atoms with Crippen LogP contribution in [-0.2, 0) is 4.79 Å². The van der Waals surface area contributed by atoms with Crippen molar-refractivity contribution in [3.8, 4) is 5.75 Å². The molecule has 0 saturated carbocycles. The fraction of sp³-hybridized carbons (Fsp3) is 0.500. The first kappa shape index (κ1) is 31.2. The smallest absolute Gasteiger partial charge is 0.154 e. The van der Waals surface area contributed by atoms with Gasteiger partial charge >= 0.3 is 0 Å². The van der Waals surface area contributed by atoms with E-state index in [9.17, 15) is 4.79 Å². The molecule has 0 spiro atoms. The zero-order valence-corrected chi connectivity index (χ0v) is 24.7. The SMILES string of the molecule is C\C=C(/C=C\C(=N\C(=C/C(C)=O)c1cc(F)c(C)c(O/C(C)=C(\C)CC)c1)C(C)CC)N1CCN[C@@H](C)C1. The maximum Gasteiger partial charge on any atom is 0.154 e. The predicted molar refractivity (Wildman–Crippen MR) is 158 cm³/mol. The molecule has 1 unspecified atom stereocenters. The molecule has 1 heterocycles. The highest BCUT2D eigenvalue weighted by Crippen LogP contribution is 2.30. The number of ketones is 1. The lowest BCUT2D eigenvalue weighted by molar-refractivity contribution is -0.112. The summed E-state index contributed by atoms with van der Waals surface area (Å²) < 4.78 is 21.1. The largest absolute Gasteiger partial charge is 0.462 e. The Bertz CT molecular complexity index is 1140. The Labute approximate surface area is 229 Å². The van der Waals surface area contributed by atoms with E-state index < -0.39 is 5.82 Å². The molecule has 1 aliphatic heterocycles. The molecule has 2 rings (SSSR count). The van der Waals surface area contributed by atoms with Gasteiger partial charge < -0.3 is 15.0 Å². The summed E-state index contributed by atoms with van der Waals surface area (Å²) in [5.41, 5.74) is 4.43. The molecule has 1 aliphatic rings. The van der Waals surface area contributed by atoms with Crippen molar-refractivity contribution in [3.05, 3.63) is 70.4 Å². The summed E-state index contributed by atoms with van der Waals surface area (Å²) in [6.07, 6.45) is 9.44. The summed E-state index contributed by atoms with van der Waals surface area (Å²) in [5.74, 6) is 0.775. The molecular formula is C32H46FN3O2. The number of aliphatic imine (C=N–C) groups is 1. The topological polar surface area (TPSA) is 53.9 Å². The van der Waals surface area contributed by atoms with Crippen LogP contribution in [0.2, 0.25) is 0 Å². The molecule has 1 fully saturated rings. The molecule has 208 valence electrons. The van der Waals surface area contributed by atoms with Gasteiger partial charge in [-0.2, -0.15) is 0 Å². The molecule has 1 aromatic carbocycles. The molecular weight excluding hydrogens is 477 g/mol. The first-order valence-corrected chi connectivity index (χ1v) is 13.8. The maximum absolute atomic E-state index is 15.1. The zero-order valence-electron chi connectivity index (χ0n) is 24.7. The Morgan fingerprint density at radius 3 is 2.55 bits per heavy atom. The number of hydrogen-bond donors (Lipinski definition) is 1. The van der Waals surface area contributed by atoms with Crippen LogP contribution < -0.4 is 10.1 Å². The highest BCUT2D eigenvalue weighted by molar-refractivity contribution is 6.03. The van der Waals surface area contributed by atoms with E-state index in [2.05, 4.69) is 50.1 Å². The molecule has 0 radical (unpaired) electrons. The minimum Gasteiger partial charge on any atom is -0.462 e. The molecule has 6 heteroatoms. The monoisotopic (exact) mass is 523 g/mol. The molecule has 0 aromatic heterocycles. The van der Waals surface area contributed by atoms with Crippen LogP contribution in [0.4, 0.5) is 4.39 Å². The molecule has 1 aromatic rings. The van der Waals surface area contributed by atoms with Gasteiger partial charge in [0.15, 0.2) is 5.78 Å². The Balaban J connectivity index is 2.56. The number of ether oxygens (including phenoxy) is 1. The van der Waals surface area contributed by atoms with E-state index in [1.54, 1.807) is 13.0 Å². The van der Waals surface area contributed by atoms with Gasteiger partial charge in [-0.25, -0.2) is 4.39 Å². The van der Waals surface area contributed by atoms with Gasteiger partial charge in [0.2, 0.25) is 0 Å². The van der Waals surface area contributed by atoms with Crippen molar-refractivity contribution >= 4 is 17.2 Å². The lowest BCUT2D eigenvalue weighted by Gasteiger charge is -2.34. The van der Waals surface area contributed by atoms with Crippen LogP contribution in [0.3, 0.4) is 0 Å². The second-order valence-electron chi connectivity index (χ2n) is 10.2. The molecule has 1 N–H and O–H groups in total. The normalized spacial score (nSPS) is 19.1. The van der Waals surface area contributed by atoms with Crippen molar-refractivity contribution in [2.24, 2.45) is 10.9 Å². The Morgan fingerprint density at radius 2 is 1.97 bits per heavy atom. The van der Waals surface area contributed by atoms with E-state index in [-0.39, 0.29) is 11.7 Å². The van der Waals surface area contributed by atoms with Crippen LogP contribution >= 0.6 is 0 Å². The summed E-state index contributed by atoms with van der Waals surface area (Å²) >= 11 is 0. The van der Waals surface area contributed by atoms with Gasteiger partial charge in [-0.1, -0.05) is 26.8 Å². The molecule has 1 saturated heterocycles. The van der Waals surface area contributed by atoms with Gasteiger partial charge in [-0.05, 0) is 90.2 Å². The standard InChI is InChI=1S/C32H46FN3O2/c1-10-21(4)26(9)38-32-19-27(18-29(33)25(32)8)31(17-24(7)37)35-30(22(5)11-2)14-13-28(12-3)36-16-15-34-23(6)20-36/h12-14,17-19,22-23,34H,10-11,15-16,20H2,1-9H3/b14-13-,26-21+,28-12+,31-17-,35-30-/t22?,23-/m0/s1. The van der Waals surface area contributed by atoms with Gasteiger partial charge in [0.05, 0.1) is 11.5 Å². The number of allylic oxidation sites excluding steroid dienone is 6. The van der Waals surface area contributed by atoms with Gasteiger partial charge in [0, 0.05) is 54.3 Å². The van der Waals surface area contributed by atoms with Crippen LogP contribution in [0, 0.1) is 18.7 Å². The van der Waals surface area contributed by atoms with Crippen LogP contribution in [0.25, 0.3) is 5.70 Å². The van der Waals surface area contributed by atoms with Gasteiger partial charge in [-0.15, -0.1) is 0 Å². The number of benzene rings is 1. The number of nitrogens with zero attached hydrogens (tertiary/aromatic N) is 2. The fourth-order valence-corrected chi connectivity index (χ4v) is 4.16. The summed E-state index contributed by atoms with van der Waals surface area (Å²) in [5, 5.41) is 3.48. The highest BCUT2D eigenvalue weighted by atomic mass is 19.1. The number of piperazine rings is 1. The summed E-state index contributed by atoms with van der Waals surface area (Å²) in [7, 11) is 0. The first-order valence-electron chi connectivity index (χ1n) is 13.8. The second kappa shape index (κ2) is 14.8. The minimum atomic E-state index is -0.395. The lowest BCUT2D eigenvalue weighted by Crippen LogP contribution is -2.48. The van der Waals surface area contributed by atoms with E-state index in [1.807, 2.05) is 26.8 Å². The minimum absolute atomic E-state index is 0.144. The van der Waals surface area contributed by atoms with Crippen molar-refractivity contribution in [3.63, 3.8) is 0 Å². The molecule has 0 aliphatic carbocycles. The molecule has 2 atom stereocenters. The van der Waals surface area contributed by atoms with E-state index in [1.165, 1.54) is 19.1 Å². The molecule has 0 bridgehead atoms. The van der Waals surface area contributed by atoms with Crippen molar-refractivity contribution in [1.82, 2.24) is 10.2 Å². The van der Waals surface area contributed by atoms with Crippen LogP contribution in [0.5, 0.6) is 5.75 Å². The van der Waals surface area contributed by atoms with E-state index in [4.69, 9.17) is 9.73 Å². The van der Waals surface area contributed by atoms with Crippen LogP contribution in [-0.4, -0.2) is 42.1 Å². The number of nitrogens with one attached hydrogen (secondary N) is 1. The highest BCUT2D eigenvalue weighted by Gasteiger charge is 2.18. The van der Waals surface area contributed by atoms with E-state index in [0.29, 0.717) is 28.6 Å². The number of halogens is 1. The van der Waals surface area contributed by atoms with Gasteiger partial charge in [0.1, 0.15) is 11.6 Å². The first-order chi connectivity index (χ1) is 18.0. The summed E-state index contributed by atoms with van der Waals surface area (Å²) in [6, 6.07) is 3.64. The van der Waals surface area contributed by atoms with E-state index in [0.717, 1.165) is 55.2 Å². The van der Waals surface area contributed by atoms with Gasteiger partial charge in [-0.3, -0.25) is 9.79 Å². The Hall–Kier alpha value is -2.99.